The Balaban J connectivity index is 3.07. The molecule has 0 radical (unpaired) electrons. The third-order valence-corrected chi connectivity index (χ3v) is 4.17. The molecule has 0 heterocycles. The molecule has 0 rings (SSSR count). The summed E-state index contributed by atoms with van der Waals surface area (Å²) in [5.41, 5.74) is 5.44. The first-order valence-corrected chi connectivity index (χ1v) is 8.82. The summed E-state index contributed by atoms with van der Waals surface area (Å²) in [6.07, 6.45) is 14.7. The molecule has 1 unspecified atom stereocenters. The van der Waals surface area contributed by atoms with Crippen molar-refractivity contribution in [3.05, 3.63) is 0 Å². The van der Waals surface area contributed by atoms with E-state index in [1.807, 2.05) is 0 Å². The molecule has 110 valence electrons. The predicted octanol–water partition coefficient (Wildman–Crippen LogP) is 3.58. The molecule has 1 atom stereocenters. The van der Waals surface area contributed by atoms with Gasteiger partial charge in [0.15, 0.2) is 10.7 Å². The van der Waals surface area contributed by atoms with Gasteiger partial charge in [-0.1, -0.05) is 77.6 Å². The maximum Gasteiger partial charge on any atom is 0.155 e. The van der Waals surface area contributed by atoms with Gasteiger partial charge in [0.1, 0.15) is 5.37 Å². The minimum atomic E-state index is -2.42. The predicted molar refractivity (Wildman–Crippen MR) is 79.4 cm³/mol. The molecule has 0 spiro atoms. The van der Waals surface area contributed by atoms with Crippen molar-refractivity contribution in [3.8, 4) is 0 Å². The van der Waals surface area contributed by atoms with Crippen LogP contribution in [0.2, 0.25) is 0 Å². The van der Waals surface area contributed by atoms with Crippen LogP contribution in [-0.2, 0) is 10.7 Å². The normalized spacial score (nSPS) is 13.1. The van der Waals surface area contributed by atoms with Crippen molar-refractivity contribution in [3.63, 3.8) is 0 Å². The van der Waals surface area contributed by atoms with Gasteiger partial charge in [0.2, 0.25) is 0 Å². The third kappa shape index (κ3) is 12.4. The molecular formula is C14H31NO2S. The zero-order chi connectivity index (χ0) is 13.6. The summed E-state index contributed by atoms with van der Waals surface area (Å²) in [6.45, 7) is 2.25. The molecule has 2 N–H and O–H groups in total. The highest BCUT2D eigenvalue weighted by Crippen LogP contribution is 2.12. The molecule has 3 nitrogen and oxygen atoms in total. The van der Waals surface area contributed by atoms with Gasteiger partial charge in [-0.25, -0.2) is 8.42 Å². The van der Waals surface area contributed by atoms with Crippen LogP contribution in [0, 0.1) is 0 Å². The molecule has 0 amide bonds. The van der Waals surface area contributed by atoms with Crippen LogP contribution in [0.25, 0.3) is 0 Å². The molecule has 0 fully saturated rings. The molecule has 0 bridgehead atoms. The van der Waals surface area contributed by atoms with Gasteiger partial charge in [-0.2, -0.15) is 0 Å². The molecule has 18 heavy (non-hydrogen) atoms. The van der Waals surface area contributed by atoms with Crippen molar-refractivity contribution in [2.24, 2.45) is 5.73 Å². The summed E-state index contributed by atoms with van der Waals surface area (Å²) < 4.78 is 21.0. The smallest absolute Gasteiger partial charge is 0.155 e. The van der Waals surface area contributed by atoms with E-state index >= 15 is 0 Å². The number of unbranched alkanes of at least 4 members (excludes halogenated alkanes) is 10. The molecule has 0 saturated heterocycles. The van der Waals surface area contributed by atoms with E-state index in [4.69, 9.17) is 5.73 Å². The van der Waals surface area contributed by atoms with Crippen molar-refractivity contribution >= 4 is 10.7 Å². The third-order valence-electron chi connectivity index (χ3n) is 3.37. The van der Waals surface area contributed by atoms with E-state index < -0.39 is 16.1 Å². The second-order valence-corrected chi connectivity index (χ2v) is 6.41. The van der Waals surface area contributed by atoms with Gasteiger partial charge in [0, 0.05) is 0 Å². The second kappa shape index (κ2) is 13.3. The quantitative estimate of drug-likeness (QED) is 0.399. The largest absolute Gasteiger partial charge is 0.315 e. The van der Waals surface area contributed by atoms with Crippen molar-refractivity contribution < 1.29 is 8.42 Å². The van der Waals surface area contributed by atoms with Crippen LogP contribution >= 0.6 is 0 Å². The summed E-state index contributed by atoms with van der Waals surface area (Å²) in [7, 11) is -2.42. The number of nitrogens with two attached hydrogens (primary N) is 1. The SMILES string of the molecule is CCCCCCCCCCCCCC(N)[SH](=O)=O. The van der Waals surface area contributed by atoms with Crippen LogP contribution in [0.4, 0.5) is 0 Å². The van der Waals surface area contributed by atoms with Gasteiger partial charge in [0.05, 0.1) is 0 Å². The molecule has 4 heteroatoms. The van der Waals surface area contributed by atoms with E-state index in [1.165, 1.54) is 57.8 Å². The Labute approximate surface area is 114 Å². The Morgan fingerprint density at radius 1 is 0.778 bits per heavy atom. The Morgan fingerprint density at radius 3 is 1.56 bits per heavy atom. The molecular weight excluding hydrogens is 246 g/mol. The molecule has 0 aromatic carbocycles. The van der Waals surface area contributed by atoms with Crippen LogP contribution in [0.5, 0.6) is 0 Å². The van der Waals surface area contributed by atoms with Gasteiger partial charge < -0.3 is 5.73 Å². The zero-order valence-electron chi connectivity index (χ0n) is 11.9. The van der Waals surface area contributed by atoms with E-state index in [0.29, 0.717) is 6.42 Å². The molecule has 0 aromatic heterocycles. The lowest BCUT2D eigenvalue weighted by atomic mass is 10.1. The average Bonchev–Trinajstić information content (AvgIpc) is 2.35. The fourth-order valence-electron chi connectivity index (χ4n) is 2.12. The number of hydrogen-bond donors (Lipinski definition) is 2. The van der Waals surface area contributed by atoms with Gasteiger partial charge in [-0.15, -0.1) is 0 Å². The lowest BCUT2D eigenvalue weighted by molar-refractivity contribution is 0.537. The van der Waals surface area contributed by atoms with Gasteiger partial charge in [-0.05, 0) is 6.42 Å². The average molecular weight is 277 g/mol. The first kappa shape index (κ1) is 17.9. The van der Waals surface area contributed by atoms with Crippen molar-refractivity contribution in [2.45, 2.75) is 89.3 Å². The van der Waals surface area contributed by atoms with Gasteiger partial charge in [-0.3, -0.25) is 0 Å². The Kier molecular flexibility index (Phi) is 13.3. The zero-order valence-corrected chi connectivity index (χ0v) is 12.8. The Hall–Kier alpha value is -0.0900. The fourth-order valence-corrected chi connectivity index (χ4v) is 2.52. The molecule has 0 aromatic rings. The summed E-state index contributed by atoms with van der Waals surface area (Å²) >= 11 is 0. The van der Waals surface area contributed by atoms with E-state index in [9.17, 15) is 8.42 Å². The van der Waals surface area contributed by atoms with Crippen molar-refractivity contribution in [1.29, 1.82) is 0 Å². The highest BCUT2D eigenvalue weighted by atomic mass is 32.2. The number of thiol groups is 1. The summed E-state index contributed by atoms with van der Waals surface area (Å²) in [4.78, 5) is 0. The maximum atomic E-state index is 10.5. The minimum Gasteiger partial charge on any atom is -0.315 e. The molecule has 0 aliphatic heterocycles. The molecule has 0 aliphatic carbocycles. The van der Waals surface area contributed by atoms with Crippen LogP contribution in [0.1, 0.15) is 84.0 Å². The first-order chi connectivity index (χ1) is 8.68. The monoisotopic (exact) mass is 277 g/mol. The Bertz CT molecular complexity index is 234. The van der Waals surface area contributed by atoms with Crippen LogP contribution in [0.15, 0.2) is 0 Å². The second-order valence-electron chi connectivity index (χ2n) is 5.18. The van der Waals surface area contributed by atoms with Gasteiger partial charge >= 0.3 is 0 Å². The van der Waals surface area contributed by atoms with Crippen LogP contribution < -0.4 is 5.73 Å². The lowest BCUT2D eigenvalue weighted by Crippen LogP contribution is -2.20. The number of hydrogen-bond acceptors (Lipinski definition) is 3. The summed E-state index contributed by atoms with van der Waals surface area (Å²) in [5, 5.41) is -0.626. The van der Waals surface area contributed by atoms with E-state index in [0.717, 1.165) is 12.8 Å². The van der Waals surface area contributed by atoms with E-state index in [2.05, 4.69) is 6.92 Å². The maximum absolute atomic E-state index is 10.5. The summed E-state index contributed by atoms with van der Waals surface area (Å²) in [6, 6.07) is 0. The fraction of sp³-hybridized carbons (Fsp3) is 1.00. The molecule has 0 aliphatic rings. The summed E-state index contributed by atoms with van der Waals surface area (Å²) in [5.74, 6) is 0. The van der Waals surface area contributed by atoms with E-state index in [-0.39, 0.29) is 0 Å². The lowest BCUT2D eigenvalue weighted by Gasteiger charge is -2.04. The standard InChI is InChI=1S/C14H31NO2S/c1-2-3-4-5-6-7-8-9-10-11-12-13-14(15)18(16)17/h14,18H,2-13,15H2,1H3. The topological polar surface area (TPSA) is 60.2 Å². The minimum absolute atomic E-state index is 0.621. The van der Waals surface area contributed by atoms with Crippen molar-refractivity contribution in [2.75, 3.05) is 0 Å². The highest BCUT2D eigenvalue weighted by molar-refractivity contribution is 7.73. The highest BCUT2D eigenvalue weighted by Gasteiger charge is 2.03. The number of rotatable bonds is 13. The van der Waals surface area contributed by atoms with E-state index in [1.54, 1.807) is 0 Å². The van der Waals surface area contributed by atoms with Crippen LogP contribution in [0.3, 0.4) is 0 Å². The van der Waals surface area contributed by atoms with Gasteiger partial charge in [0.25, 0.3) is 0 Å². The van der Waals surface area contributed by atoms with Crippen LogP contribution in [-0.4, -0.2) is 13.8 Å². The van der Waals surface area contributed by atoms with Crippen molar-refractivity contribution in [1.82, 2.24) is 0 Å². The first-order valence-electron chi connectivity index (χ1n) is 7.57. The Morgan fingerprint density at radius 2 is 1.17 bits per heavy atom. The molecule has 0 saturated carbocycles.